The molecular weight excluding hydrogens is 302 g/mol. The van der Waals surface area contributed by atoms with Crippen LogP contribution in [0.15, 0.2) is 47.2 Å². The van der Waals surface area contributed by atoms with Crippen molar-refractivity contribution >= 4 is 12.2 Å². The minimum atomic E-state index is -0.423. The van der Waals surface area contributed by atoms with E-state index in [1.807, 2.05) is 47.3 Å². The monoisotopic (exact) mass is 321 g/mol. The molecule has 0 atom stereocenters. The van der Waals surface area contributed by atoms with E-state index in [2.05, 4.69) is 15.2 Å². The fraction of sp³-hybridized carbons (Fsp3) is 0.278. The molecule has 0 aliphatic heterocycles. The summed E-state index contributed by atoms with van der Waals surface area (Å²) in [4.78, 5) is 4.43. The molecule has 0 amide bonds. The zero-order valence-corrected chi connectivity index (χ0v) is 13.3. The molecule has 0 bridgehead atoms. The van der Waals surface area contributed by atoms with E-state index in [-0.39, 0.29) is 0 Å². The van der Waals surface area contributed by atoms with Gasteiger partial charge in [-0.15, -0.1) is 0 Å². The lowest BCUT2D eigenvalue weighted by Crippen LogP contribution is -2.34. The Hall–Kier alpha value is -2.73. The fourth-order valence-corrected chi connectivity index (χ4v) is 3.05. The average Bonchev–Trinajstić information content (AvgIpc) is 3.35. The summed E-state index contributed by atoms with van der Waals surface area (Å²) >= 11 is 0. The molecule has 3 aromatic rings. The second-order valence-corrected chi connectivity index (χ2v) is 6.21. The molecule has 24 heavy (non-hydrogen) atoms. The van der Waals surface area contributed by atoms with Crippen molar-refractivity contribution in [1.29, 1.82) is 0 Å². The highest BCUT2D eigenvalue weighted by Gasteiger charge is 2.35. The minimum Gasteiger partial charge on any atom is -0.335 e. The number of benzene rings is 1. The number of nitrogens with zero attached hydrogens (tertiary/aromatic N) is 4. The smallest absolute Gasteiger partial charge is 0.250 e. The van der Waals surface area contributed by atoms with Gasteiger partial charge in [-0.3, -0.25) is 0 Å². The van der Waals surface area contributed by atoms with E-state index in [0.717, 1.165) is 36.9 Å². The molecule has 2 N–H and O–H groups in total. The molecule has 0 spiro atoms. The van der Waals surface area contributed by atoms with Crippen molar-refractivity contribution < 1.29 is 4.52 Å². The van der Waals surface area contributed by atoms with Crippen LogP contribution in [0.1, 0.15) is 43.0 Å². The molecular formula is C18H19N5O. The first-order chi connectivity index (χ1) is 11.7. The zero-order chi connectivity index (χ0) is 16.4. The van der Waals surface area contributed by atoms with E-state index in [1.54, 1.807) is 12.3 Å². The Morgan fingerprint density at radius 3 is 2.71 bits per heavy atom. The third kappa shape index (κ3) is 2.88. The van der Waals surface area contributed by atoms with Gasteiger partial charge in [-0.05, 0) is 31.1 Å². The number of hydrogen-bond donors (Lipinski definition) is 1. The Kier molecular flexibility index (Phi) is 3.74. The molecule has 1 aliphatic carbocycles. The van der Waals surface area contributed by atoms with Crippen LogP contribution in [-0.4, -0.2) is 19.9 Å². The van der Waals surface area contributed by atoms with Crippen LogP contribution >= 0.6 is 0 Å². The van der Waals surface area contributed by atoms with E-state index in [9.17, 15) is 0 Å². The highest BCUT2D eigenvalue weighted by Crippen LogP contribution is 2.34. The molecule has 2 heterocycles. The Bertz CT molecular complexity index is 843. The van der Waals surface area contributed by atoms with Crippen LogP contribution in [0.2, 0.25) is 0 Å². The largest absolute Gasteiger partial charge is 0.335 e. The molecule has 0 unspecified atom stereocenters. The van der Waals surface area contributed by atoms with Crippen molar-refractivity contribution in [3.05, 3.63) is 60.0 Å². The fourth-order valence-electron chi connectivity index (χ4n) is 3.05. The third-order valence-electron chi connectivity index (χ3n) is 4.42. The van der Waals surface area contributed by atoms with E-state index in [1.165, 1.54) is 0 Å². The van der Waals surface area contributed by atoms with E-state index in [4.69, 9.17) is 10.3 Å². The third-order valence-corrected chi connectivity index (χ3v) is 4.42. The molecule has 0 radical (unpaired) electrons. The Labute approximate surface area is 140 Å². The summed E-state index contributed by atoms with van der Waals surface area (Å²) in [6, 6.07) is 9.96. The summed E-state index contributed by atoms with van der Waals surface area (Å²) in [6.45, 7) is 0. The molecule has 6 heteroatoms. The van der Waals surface area contributed by atoms with Crippen LogP contribution in [0, 0.1) is 0 Å². The second kappa shape index (κ2) is 6.05. The van der Waals surface area contributed by atoms with Gasteiger partial charge < -0.3 is 10.3 Å². The molecule has 1 aromatic carbocycles. The normalized spacial score (nSPS) is 16.9. The van der Waals surface area contributed by atoms with Gasteiger partial charge in [0, 0.05) is 17.8 Å². The number of para-hydroxylation sites is 1. The maximum absolute atomic E-state index is 6.35. The van der Waals surface area contributed by atoms with E-state index < -0.39 is 5.54 Å². The van der Waals surface area contributed by atoms with Crippen molar-refractivity contribution in [1.82, 2.24) is 19.9 Å². The van der Waals surface area contributed by atoms with Gasteiger partial charge in [-0.25, -0.2) is 4.68 Å². The highest BCUT2D eigenvalue weighted by atomic mass is 16.5. The average molecular weight is 321 g/mol. The maximum Gasteiger partial charge on any atom is 0.250 e. The molecule has 1 fully saturated rings. The van der Waals surface area contributed by atoms with Crippen LogP contribution in [0.3, 0.4) is 0 Å². The predicted molar refractivity (Wildman–Crippen MR) is 91.1 cm³/mol. The summed E-state index contributed by atoms with van der Waals surface area (Å²) in [6.07, 6.45) is 11.5. The van der Waals surface area contributed by atoms with Crippen LogP contribution in [-0.2, 0) is 5.54 Å². The van der Waals surface area contributed by atoms with Crippen LogP contribution in [0.5, 0.6) is 0 Å². The molecule has 2 aromatic heterocycles. The van der Waals surface area contributed by atoms with Gasteiger partial charge in [0.2, 0.25) is 0 Å². The molecule has 0 saturated heterocycles. The molecule has 6 nitrogen and oxygen atoms in total. The van der Waals surface area contributed by atoms with Crippen molar-refractivity contribution in [3.8, 4) is 5.69 Å². The SMILES string of the molecule is NC1(c2noc(/C=C/c3cnn(-c4ccccc4)c3)n2)CCCC1. The standard InChI is InChI=1S/C18H19N5O/c19-18(10-4-5-11-18)17-21-16(24-22-17)9-8-14-12-20-23(13-14)15-6-2-1-3-7-15/h1-3,6-9,12-13H,4-5,10-11,19H2/b9-8+. The number of rotatable bonds is 4. The van der Waals surface area contributed by atoms with Crippen LogP contribution in [0.25, 0.3) is 17.8 Å². The second-order valence-electron chi connectivity index (χ2n) is 6.21. The molecule has 4 rings (SSSR count). The summed E-state index contributed by atoms with van der Waals surface area (Å²) in [5.74, 6) is 1.08. The minimum absolute atomic E-state index is 0.423. The van der Waals surface area contributed by atoms with Gasteiger partial charge in [0.1, 0.15) is 0 Å². The highest BCUT2D eigenvalue weighted by molar-refractivity contribution is 5.65. The lowest BCUT2D eigenvalue weighted by molar-refractivity contribution is 0.364. The Morgan fingerprint density at radius 1 is 1.12 bits per heavy atom. The van der Waals surface area contributed by atoms with Crippen molar-refractivity contribution in [2.24, 2.45) is 5.73 Å². The van der Waals surface area contributed by atoms with Crippen molar-refractivity contribution in [3.63, 3.8) is 0 Å². The van der Waals surface area contributed by atoms with Crippen LogP contribution < -0.4 is 5.73 Å². The van der Waals surface area contributed by atoms with Gasteiger partial charge in [0.25, 0.3) is 5.89 Å². The Balaban J connectivity index is 1.50. The van der Waals surface area contributed by atoms with Gasteiger partial charge in [0.15, 0.2) is 5.82 Å². The number of nitrogens with two attached hydrogens (primary N) is 1. The maximum atomic E-state index is 6.35. The van der Waals surface area contributed by atoms with Gasteiger partial charge >= 0.3 is 0 Å². The van der Waals surface area contributed by atoms with E-state index in [0.29, 0.717) is 11.7 Å². The summed E-state index contributed by atoms with van der Waals surface area (Å²) in [5, 5.41) is 8.41. The number of hydrogen-bond acceptors (Lipinski definition) is 5. The summed E-state index contributed by atoms with van der Waals surface area (Å²) < 4.78 is 7.13. The van der Waals surface area contributed by atoms with Gasteiger partial charge in [0.05, 0.1) is 17.4 Å². The molecule has 1 aliphatic rings. The lowest BCUT2D eigenvalue weighted by Gasteiger charge is -2.17. The number of aromatic nitrogens is 4. The topological polar surface area (TPSA) is 82.8 Å². The van der Waals surface area contributed by atoms with Crippen molar-refractivity contribution in [2.45, 2.75) is 31.2 Å². The Morgan fingerprint density at radius 2 is 1.92 bits per heavy atom. The lowest BCUT2D eigenvalue weighted by atomic mass is 9.99. The molecule has 122 valence electrons. The zero-order valence-electron chi connectivity index (χ0n) is 13.3. The first-order valence-corrected chi connectivity index (χ1v) is 8.14. The van der Waals surface area contributed by atoms with Gasteiger partial charge in [-0.2, -0.15) is 10.1 Å². The van der Waals surface area contributed by atoms with Crippen LogP contribution in [0.4, 0.5) is 0 Å². The van der Waals surface area contributed by atoms with E-state index >= 15 is 0 Å². The summed E-state index contributed by atoms with van der Waals surface area (Å²) in [5.41, 5.74) is 7.90. The first-order valence-electron chi connectivity index (χ1n) is 8.14. The van der Waals surface area contributed by atoms with Gasteiger partial charge in [-0.1, -0.05) is 36.2 Å². The first kappa shape index (κ1) is 14.8. The summed E-state index contributed by atoms with van der Waals surface area (Å²) in [7, 11) is 0. The predicted octanol–water partition coefficient (Wildman–Crippen LogP) is 3.15. The molecule has 1 saturated carbocycles. The quantitative estimate of drug-likeness (QED) is 0.798. The van der Waals surface area contributed by atoms with Crippen molar-refractivity contribution in [2.75, 3.05) is 0 Å².